The molecule has 16 heavy (non-hydrogen) atoms. The first-order valence-electron chi connectivity index (χ1n) is 4.87. The van der Waals surface area contributed by atoms with Crippen molar-refractivity contribution in [3.8, 4) is 0 Å². The molecule has 0 amide bonds. The van der Waals surface area contributed by atoms with Crippen molar-refractivity contribution in [1.29, 1.82) is 0 Å². The first kappa shape index (κ1) is 10.3. The van der Waals surface area contributed by atoms with Crippen LogP contribution in [0.4, 0.5) is 0 Å². The van der Waals surface area contributed by atoms with E-state index >= 15 is 0 Å². The smallest absolute Gasteiger partial charge is 0.152 e. The number of aromatic amines is 1. The molecule has 0 saturated heterocycles. The zero-order valence-electron chi connectivity index (χ0n) is 8.51. The number of carbonyl (C=O) groups is 2. The zero-order valence-corrected chi connectivity index (χ0v) is 8.51. The van der Waals surface area contributed by atoms with E-state index in [4.69, 9.17) is 0 Å². The molecule has 0 spiro atoms. The summed E-state index contributed by atoms with van der Waals surface area (Å²) in [5.41, 5.74) is 2.15. The van der Waals surface area contributed by atoms with Crippen molar-refractivity contribution in [3.63, 3.8) is 0 Å². The molecule has 2 aromatic heterocycles. The van der Waals surface area contributed by atoms with E-state index in [0.29, 0.717) is 17.6 Å². The summed E-state index contributed by atoms with van der Waals surface area (Å²) >= 11 is 0. The van der Waals surface area contributed by atoms with E-state index in [1.807, 2.05) is 12.1 Å². The van der Waals surface area contributed by atoms with Gasteiger partial charge < -0.3 is 9.78 Å². The number of hydrogen-bond acceptors (Lipinski definition) is 3. The molecule has 0 aliphatic rings. The molecule has 0 aliphatic heterocycles. The molecule has 0 fully saturated rings. The van der Waals surface area contributed by atoms with Crippen LogP contribution < -0.4 is 0 Å². The van der Waals surface area contributed by atoms with Gasteiger partial charge in [-0.25, -0.2) is 4.98 Å². The molecule has 0 radical (unpaired) electrons. The van der Waals surface area contributed by atoms with Crippen LogP contribution in [0.1, 0.15) is 22.3 Å². The predicted octanol–water partition coefficient (Wildman–Crippen LogP) is 1.98. The fourth-order valence-electron chi connectivity index (χ4n) is 1.49. The van der Waals surface area contributed by atoms with Gasteiger partial charge in [0.1, 0.15) is 11.9 Å². The molecular weight excluding hydrogens is 204 g/mol. The minimum absolute atomic E-state index is 0.381. The van der Waals surface area contributed by atoms with Gasteiger partial charge in [-0.2, -0.15) is 0 Å². The maximum atomic E-state index is 10.7. The quantitative estimate of drug-likeness (QED) is 0.791. The lowest BCUT2D eigenvalue weighted by atomic mass is 10.1. The number of carbonyl (C=O) groups excluding carboxylic acids is 2. The highest BCUT2D eigenvalue weighted by Gasteiger charge is 2.03. The molecule has 2 heterocycles. The summed E-state index contributed by atoms with van der Waals surface area (Å²) in [4.78, 5) is 28.0. The van der Waals surface area contributed by atoms with E-state index in [2.05, 4.69) is 9.97 Å². The maximum Gasteiger partial charge on any atom is 0.152 e. The topological polar surface area (TPSA) is 62.8 Å². The van der Waals surface area contributed by atoms with Gasteiger partial charge in [-0.3, -0.25) is 4.79 Å². The molecule has 0 unspecified atom stereocenters. The number of fused-ring (bicyclic) bond motifs is 1. The summed E-state index contributed by atoms with van der Waals surface area (Å²) in [7, 11) is 0. The molecule has 2 aromatic rings. The highest BCUT2D eigenvalue weighted by Crippen LogP contribution is 2.16. The van der Waals surface area contributed by atoms with Gasteiger partial charge in [-0.1, -0.05) is 12.2 Å². The fourth-order valence-corrected chi connectivity index (χ4v) is 1.49. The van der Waals surface area contributed by atoms with Crippen LogP contribution in [-0.4, -0.2) is 22.5 Å². The Morgan fingerprint density at radius 3 is 3.00 bits per heavy atom. The Bertz CT molecular complexity index is 555. The second-order valence-electron chi connectivity index (χ2n) is 3.33. The third-order valence-electron chi connectivity index (χ3n) is 2.25. The molecule has 4 nitrogen and oxygen atoms in total. The fraction of sp³-hybridized carbons (Fsp3) is 0.0833. The van der Waals surface area contributed by atoms with E-state index in [0.717, 1.165) is 23.5 Å². The van der Waals surface area contributed by atoms with E-state index in [-0.39, 0.29) is 0 Å². The van der Waals surface area contributed by atoms with Gasteiger partial charge in [0, 0.05) is 29.8 Å². The molecule has 80 valence electrons. The Labute approximate surface area is 92.0 Å². The Morgan fingerprint density at radius 1 is 1.38 bits per heavy atom. The van der Waals surface area contributed by atoms with E-state index < -0.39 is 0 Å². The number of nitrogens with zero attached hydrogens (tertiary/aromatic N) is 1. The van der Waals surface area contributed by atoms with Crippen LogP contribution in [0.5, 0.6) is 0 Å². The first-order chi connectivity index (χ1) is 7.85. The Balaban J connectivity index is 2.41. The molecule has 0 atom stereocenters. The van der Waals surface area contributed by atoms with Crippen LogP contribution in [0.2, 0.25) is 0 Å². The normalized spacial score (nSPS) is 11.0. The average Bonchev–Trinajstić information content (AvgIpc) is 2.71. The molecule has 0 saturated carbocycles. The van der Waals surface area contributed by atoms with Crippen LogP contribution in [0.15, 0.2) is 24.5 Å². The average molecular weight is 214 g/mol. The molecule has 0 aliphatic carbocycles. The minimum Gasteiger partial charge on any atom is -0.345 e. The first-order valence-corrected chi connectivity index (χ1v) is 4.87. The molecule has 2 rings (SSSR count). The van der Waals surface area contributed by atoms with Crippen molar-refractivity contribution in [2.24, 2.45) is 0 Å². The SMILES string of the molecule is O=CCC=Cc1cnc2[nH]cc(C=O)c2c1. The maximum absolute atomic E-state index is 10.7. The third kappa shape index (κ3) is 1.91. The Hall–Kier alpha value is -2.23. The zero-order chi connectivity index (χ0) is 11.4. The van der Waals surface area contributed by atoms with Crippen LogP contribution in [-0.2, 0) is 4.79 Å². The molecule has 4 heteroatoms. The molecule has 0 bridgehead atoms. The number of H-pyrrole nitrogens is 1. The van der Waals surface area contributed by atoms with Gasteiger partial charge >= 0.3 is 0 Å². The summed E-state index contributed by atoms with van der Waals surface area (Å²) in [6.45, 7) is 0. The van der Waals surface area contributed by atoms with Gasteiger partial charge in [0.15, 0.2) is 6.29 Å². The summed E-state index contributed by atoms with van der Waals surface area (Å²) in [5, 5.41) is 0.795. The largest absolute Gasteiger partial charge is 0.345 e. The van der Waals surface area contributed by atoms with E-state index in [1.165, 1.54) is 0 Å². The molecular formula is C12H10N2O2. The van der Waals surface area contributed by atoms with Crippen molar-refractivity contribution in [1.82, 2.24) is 9.97 Å². The monoisotopic (exact) mass is 214 g/mol. The number of aromatic nitrogens is 2. The predicted molar refractivity (Wildman–Crippen MR) is 61.2 cm³/mol. The standard InChI is InChI=1S/C12H10N2O2/c15-4-2-1-3-9-5-11-10(8-16)7-14-12(11)13-6-9/h1,3-8H,2H2,(H,13,14). The summed E-state index contributed by atoms with van der Waals surface area (Å²) < 4.78 is 0. The number of pyridine rings is 1. The minimum atomic E-state index is 0.381. The summed E-state index contributed by atoms with van der Waals surface area (Å²) in [6, 6.07) is 1.86. The van der Waals surface area contributed by atoms with E-state index in [9.17, 15) is 9.59 Å². The van der Waals surface area contributed by atoms with Crippen molar-refractivity contribution < 1.29 is 9.59 Å². The number of hydrogen-bond donors (Lipinski definition) is 1. The molecule has 1 N–H and O–H groups in total. The lowest BCUT2D eigenvalue weighted by Gasteiger charge is -1.94. The second-order valence-corrected chi connectivity index (χ2v) is 3.33. The van der Waals surface area contributed by atoms with Crippen LogP contribution in [0, 0.1) is 0 Å². The number of nitrogens with one attached hydrogen (secondary N) is 1. The van der Waals surface area contributed by atoms with Crippen LogP contribution in [0.3, 0.4) is 0 Å². The van der Waals surface area contributed by atoms with Crippen molar-refractivity contribution in [2.45, 2.75) is 6.42 Å². The van der Waals surface area contributed by atoms with Crippen molar-refractivity contribution in [3.05, 3.63) is 35.7 Å². The van der Waals surface area contributed by atoms with Gasteiger partial charge in [-0.15, -0.1) is 0 Å². The van der Waals surface area contributed by atoms with Crippen LogP contribution >= 0.6 is 0 Å². The van der Waals surface area contributed by atoms with Crippen molar-refractivity contribution in [2.75, 3.05) is 0 Å². The number of allylic oxidation sites excluding steroid dienone is 1. The number of aldehydes is 2. The van der Waals surface area contributed by atoms with Crippen LogP contribution in [0.25, 0.3) is 17.1 Å². The van der Waals surface area contributed by atoms with Gasteiger partial charge in [0.05, 0.1) is 0 Å². The van der Waals surface area contributed by atoms with Gasteiger partial charge in [0.25, 0.3) is 0 Å². The Morgan fingerprint density at radius 2 is 2.25 bits per heavy atom. The third-order valence-corrected chi connectivity index (χ3v) is 2.25. The summed E-state index contributed by atoms with van der Waals surface area (Å²) in [6.07, 6.45) is 8.88. The highest BCUT2D eigenvalue weighted by molar-refractivity contribution is 5.96. The van der Waals surface area contributed by atoms with Crippen molar-refractivity contribution >= 4 is 29.7 Å². The van der Waals surface area contributed by atoms with Gasteiger partial charge in [-0.05, 0) is 11.6 Å². The Kier molecular flexibility index (Phi) is 2.91. The number of rotatable bonds is 4. The highest BCUT2D eigenvalue weighted by atomic mass is 16.1. The van der Waals surface area contributed by atoms with E-state index in [1.54, 1.807) is 18.5 Å². The van der Waals surface area contributed by atoms with Gasteiger partial charge in [0.2, 0.25) is 0 Å². The lowest BCUT2D eigenvalue weighted by Crippen LogP contribution is -1.81. The lowest BCUT2D eigenvalue weighted by molar-refractivity contribution is -0.107. The summed E-state index contributed by atoms with van der Waals surface area (Å²) in [5.74, 6) is 0. The second kappa shape index (κ2) is 4.53. The molecule has 0 aromatic carbocycles.